The number of rotatable bonds is 6. The van der Waals surface area contributed by atoms with E-state index in [-0.39, 0.29) is 12.4 Å². The minimum Gasteiger partial charge on any atom is -0.298 e. The number of hydrogen-bond donors (Lipinski definition) is 2. The fourth-order valence-corrected chi connectivity index (χ4v) is 0.675. The first-order chi connectivity index (χ1) is 5.31. The molecule has 0 bridgehead atoms. The second kappa shape index (κ2) is 8.23. The summed E-state index contributed by atoms with van der Waals surface area (Å²) in [5.41, 5.74) is 0. The predicted octanol–water partition coefficient (Wildman–Crippen LogP) is 1.10. The number of thiol groups is 2. The summed E-state index contributed by atoms with van der Waals surface area (Å²) in [5.74, 6) is 0.831. The van der Waals surface area contributed by atoms with Gasteiger partial charge in [-0.2, -0.15) is 30.1 Å². The van der Waals surface area contributed by atoms with E-state index >= 15 is 0 Å². The maximum absolute atomic E-state index is 10.6. The maximum Gasteiger partial charge on any atom is 0.343 e. The molecule has 0 aromatic carbocycles. The molecule has 0 unspecified atom stereocenters. The van der Waals surface area contributed by atoms with E-state index in [0.717, 1.165) is 12.2 Å². The molecule has 0 fully saturated rings. The second-order valence-corrected chi connectivity index (χ2v) is 2.72. The van der Waals surface area contributed by atoms with E-state index in [1.54, 1.807) is 0 Å². The molecule has 0 aliphatic rings. The summed E-state index contributed by atoms with van der Waals surface area (Å²) in [4.78, 5) is 19.5. The van der Waals surface area contributed by atoms with Crippen molar-refractivity contribution in [3.63, 3.8) is 0 Å². The Morgan fingerprint density at radius 1 is 1.27 bits per heavy atom. The third-order valence-corrected chi connectivity index (χ3v) is 1.39. The highest BCUT2D eigenvalue weighted by molar-refractivity contribution is 7.80. The SMILES string of the molecule is O=C(CCS)OOCCCS. The summed E-state index contributed by atoms with van der Waals surface area (Å²) >= 11 is 7.81. The normalized spacial score (nSPS) is 9.64. The van der Waals surface area contributed by atoms with E-state index in [1.807, 2.05) is 0 Å². The van der Waals surface area contributed by atoms with E-state index in [0.29, 0.717) is 12.4 Å². The topological polar surface area (TPSA) is 35.5 Å². The number of carbonyl (C=O) groups excluding carboxylic acids is 1. The standard InChI is InChI=1S/C6H12O3S2/c7-6(2-5-11)9-8-3-1-4-10/h10-11H,1-5H2. The minimum atomic E-state index is -0.376. The molecule has 0 atom stereocenters. The zero-order valence-corrected chi connectivity index (χ0v) is 7.94. The summed E-state index contributed by atoms with van der Waals surface area (Å²) in [5, 5.41) is 0. The van der Waals surface area contributed by atoms with E-state index in [2.05, 4.69) is 35.0 Å². The Balaban J connectivity index is 3.04. The molecular formula is C6H12O3S2. The van der Waals surface area contributed by atoms with Crippen molar-refractivity contribution in [2.75, 3.05) is 18.1 Å². The van der Waals surface area contributed by atoms with Crippen molar-refractivity contribution in [1.29, 1.82) is 0 Å². The maximum atomic E-state index is 10.6. The molecule has 0 spiro atoms. The van der Waals surface area contributed by atoms with Crippen molar-refractivity contribution in [2.45, 2.75) is 12.8 Å². The average Bonchev–Trinajstić information content (AvgIpc) is 1.99. The van der Waals surface area contributed by atoms with Gasteiger partial charge in [0.25, 0.3) is 0 Å². The molecule has 0 rings (SSSR count). The lowest BCUT2D eigenvalue weighted by atomic mass is 10.5. The van der Waals surface area contributed by atoms with E-state index in [4.69, 9.17) is 0 Å². The van der Waals surface area contributed by atoms with Gasteiger partial charge >= 0.3 is 5.97 Å². The Bertz CT molecular complexity index is 108. The zero-order valence-electron chi connectivity index (χ0n) is 6.15. The first-order valence-electron chi connectivity index (χ1n) is 3.35. The van der Waals surface area contributed by atoms with Crippen LogP contribution < -0.4 is 0 Å². The van der Waals surface area contributed by atoms with Crippen molar-refractivity contribution in [3.05, 3.63) is 0 Å². The Morgan fingerprint density at radius 2 is 2.00 bits per heavy atom. The van der Waals surface area contributed by atoms with Crippen LogP contribution in [0, 0.1) is 0 Å². The van der Waals surface area contributed by atoms with Gasteiger partial charge in [0, 0.05) is 5.75 Å². The molecule has 0 heterocycles. The molecule has 0 aliphatic carbocycles. The second-order valence-electron chi connectivity index (χ2n) is 1.83. The minimum absolute atomic E-state index is 0.282. The first kappa shape index (κ1) is 11.1. The van der Waals surface area contributed by atoms with Crippen LogP contribution in [-0.2, 0) is 14.6 Å². The molecule has 11 heavy (non-hydrogen) atoms. The summed E-state index contributed by atoms with van der Waals surface area (Å²) in [6.07, 6.45) is 1.06. The van der Waals surface area contributed by atoms with Crippen LogP contribution in [0.15, 0.2) is 0 Å². The van der Waals surface area contributed by atoms with Gasteiger partial charge in [-0.15, -0.1) is 0 Å². The average molecular weight is 196 g/mol. The molecule has 0 N–H and O–H groups in total. The van der Waals surface area contributed by atoms with Gasteiger partial charge in [0.05, 0.1) is 13.0 Å². The molecule has 5 heteroatoms. The highest BCUT2D eigenvalue weighted by atomic mass is 32.1. The van der Waals surface area contributed by atoms with Crippen LogP contribution in [0.1, 0.15) is 12.8 Å². The van der Waals surface area contributed by atoms with Crippen LogP contribution in [-0.4, -0.2) is 24.1 Å². The molecule has 0 amide bonds. The van der Waals surface area contributed by atoms with Gasteiger partial charge in [0.15, 0.2) is 0 Å². The van der Waals surface area contributed by atoms with Crippen molar-refractivity contribution in [1.82, 2.24) is 0 Å². The van der Waals surface area contributed by atoms with E-state index < -0.39 is 0 Å². The zero-order chi connectivity index (χ0) is 8.53. The summed E-state index contributed by atoms with van der Waals surface area (Å²) < 4.78 is 0. The summed E-state index contributed by atoms with van der Waals surface area (Å²) in [6, 6.07) is 0. The highest BCUT2D eigenvalue weighted by Gasteiger charge is 2.00. The Labute approximate surface area is 77.2 Å². The largest absolute Gasteiger partial charge is 0.343 e. The van der Waals surface area contributed by atoms with Crippen LogP contribution >= 0.6 is 25.3 Å². The van der Waals surface area contributed by atoms with Gasteiger partial charge < -0.3 is 0 Å². The smallest absolute Gasteiger partial charge is 0.298 e. The van der Waals surface area contributed by atoms with Gasteiger partial charge in [0.1, 0.15) is 0 Å². The summed E-state index contributed by atoms with van der Waals surface area (Å²) in [6.45, 7) is 0.405. The quantitative estimate of drug-likeness (QED) is 0.289. The fraction of sp³-hybridized carbons (Fsp3) is 0.833. The van der Waals surface area contributed by atoms with Gasteiger partial charge in [-0.25, -0.2) is 4.79 Å². The predicted molar refractivity (Wildman–Crippen MR) is 49.0 cm³/mol. The highest BCUT2D eigenvalue weighted by Crippen LogP contribution is 1.92. The van der Waals surface area contributed by atoms with Crippen LogP contribution in [0.25, 0.3) is 0 Å². The van der Waals surface area contributed by atoms with Crippen molar-refractivity contribution in [2.24, 2.45) is 0 Å². The molecule has 0 radical (unpaired) electrons. The van der Waals surface area contributed by atoms with Crippen LogP contribution in [0.3, 0.4) is 0 Å². The Morgan fingerprint density at radius 3 is 2.55 bits per heavy atom. The molecule has 3 nitrogen and oxygen atoms in total. The summed E-state index contributed by atoms with van der Waals surface area (Å²) in [7, 11) is 0. The van der Waals surface area contributed by atoms with Crippen LogP contribution in [0.2, 0.25) is 0 Å². The van der Waals surface area contributed by atoms with Crippen molar-refractivity contribution < 1.29 is 14.6 Å². The molecule has 0 aromatic heterocycles. The molecule has 0 aromatic rings. The third-order valence-electron chi connectivity index (χ3n) is 0.854. The van der Waals surface area contributed by atoms with Gasteiger partial charge in [-0.3, -0.25) is 4.89 Å². The third kappa shape index (κ3) is 8.03. The lowest BCUT2D eigenvalue weighted by Crippen LogP contribution is -2.06. The molecule has 0 saturated heterocycles. The molecule has 66 valence electrons. The lowest BCUT2D eigenvalue weighted by molar-refractivity contribution is -0.271. The van der Waals surface area contributed by atoms with Gasteiger partial charge in [0.2, 0.25) is 0 Å². The fourth-order valence-electron chi connectivity index (χ4n) is 0.364. The number of carbonyl (C=O) groups is 1. The van der Waals surface area contributed by atoms with Crippen LogP contribution in [0.5, 0.6) is 0 Å². The molecular weight excluding hydrogens is 184 g/mol. The van der Waals surface area contributed by atoms with Gasteiger partial charge in [-0.05, 0) is 12.2 Å². The van der Waals surface area contributed by atoms with E-state index in [9.17, 15) is 4.79 Å². The lowest BCUT2D eigenvalue weighted by Gasteiger charge is -2.00. The Kier molecular flexibility index (Phi) is 8.33. The Hall–Kier alpha value is 0.130. The van der Waals surface area contributed by atoms with Crippen molar-refractivity contribution >= 4 is 31.2 Å². The number of hydrogen-bond acceptors (Lipinski definition) is 5. The molecule has 0 aliphatic heterocycles. The van der Waals surface area contributed by atoms with Crippen LogP contribution in [0.4, 0.5) is 0 Å². The monoisotopic (exact) mass is 196 g/mol. The molecule has 0 saturated carbocycles. The van der Waals surface area contributed by atoms with E-state index in [1.165, 1.54) is 0 Å². The first-order valence-corrected chi connectivity index (χ1v) is 4.61. The van der Waals surface area contributed by atoms with Gasteiger partial charge in [-0.1, -0.05) is 0 Å². The van der Waals surface area contributed by atoms with Crippen molar-refractivity contribution in [3.8, 4) is 0 Å².